The highest BCUT2D eigenvalue weighted by Gasteiger charge is 2.33. The number of amides is 2. The fraction of sp³-hybridized carbons (Fsp3) is 0.444. The Balaban J connectivity index is 1.54. The summed E-state index contributed by atoms with van der Waals surface area (Å²) in [6.07, 6.45) is 0.620. The van der Waals surface area contributed by atoms with Crippen molar-refractivity contribution in [1.82, 2.24) is 10.6 Å². The van der Waals surface area contributed by atoms with E-state index < -0.39 is 17.5 Å². The molecule has 0 bridgehead atoms. The molecule has 0 radical (unpaired) electrons. The van der Waals surface area contributed by atoms with Gasteiger partial charge in [-0.1, -0.05) is 68.8 Å². The van der Waals surface area contributed by atoms with E-state index in [1.807, 2.05) is 38.1 Å². The van der Waals surface area contributed by atoms with Crippen LogP contribution in [-0.4, -0.2) is 42.8 Å². The molecule has 2 amide bonds. The van der Waals surface area contributed by atoms with Gasteiger partial charge in [-0.2, -0.15) is 0 Å². The molecule has 0 aromatic heterocycles. The zero-order valence-electron chi connectivity index (χ0n) is 20.1. The molecule has 182 valence electrons. The number of alkyl carbamates (subject to hydrolysis) is 1. The number of ether oxygens (including phenoxy) is 1. The Morgan fingerprint density at radius 2 is 1.59 bits per heavy atom. The Hall–Kier alpha value is -3.35. The second kappa shape index (κ2) is 11.2. The van der Waals surface area contributed by atoms with E-state index >= 15 is 0 Å². The van der Waals surface area contributed by atoms with Gasteiger partial charge in [0.05, 0.1) is 5.41 Å². The van der Waals surface area contributed by atoms with Crippen LogP contribution < -0.4 is 10.6 Å². The van der Waals surface area contributed by atoms with Crippen molar-refractivity contribution in [2.75, 3.05) is 19.7 Å². The second-order valence-electron chi connectivity index (χ2n) is 9.18. The lowest BCUT2D eigenvalue weighted by atomic mass is 9.86. The van der Waals surface area contributed by atoms with E-state index in [2.05, 4.69) is 34.9 Å². The summed E-state index contributed by atoms with van der Waals surface area (Å²) in [6.45, 7) is 6.20. The first-order valence-corrected chi connectivity index (χ1v) is 11.9. The summed E-state index contributed by atoms with van der Waals surface area (Å²) in [7, 11) is 0. The van der Waals surface area contributed by atoms with Crippen molar-refractivity contribution in [3.8, 4) is 11.1 Å². The van der Waals surface area contributed by atoms with E-state index in [1.165, 1.54) is 0 Å². The molecule has 3 rings (SSSR count). The molecule has 2 unspecified atom stereocenters. The lowest BCUT2D eigenvalue weighted by Gasteiger charge is -2.28. The number of carbonyl (C=O) groups excluding carboxylic acids is 2. The molecule has 0 saturated heterocycles. The zero-order valence-corrected chi connectivity index (χ0v) is 20.1. The third-order valence-electron chi connectivity index (χ3n) is 6.89. The summed E-state index contributed by atoms with van der Waals surface area (Å²) >= 11 is 0. The molecule has 7 heteroatoms. The smallest absolute Gasteiger partial charge is 0.407 e. The third-order valence-corrected chi connectivity index (χ3v) is 6.89. The van der Waals surface area contributed by atoms with Crippen molar-refractivity contribution in [1.29, 1.82) is 0 Å². The largest absolute Gasteiger partial charge is 0.481 e. The van der Waals surface area contributed by atoms with E-state index in [0.717, 1.165) is 22.3 Å². The van der Waals surface area contributed by atoms with E-state index in [0.29, 0.717) is 19.4 Å². The van der Waals surface area contributed by atoms with Crippen molar-refractivity contribution in [2.45, 2.75) is 46.0 Å². The maximum atomic E-state index is 12.8. The minimum atomic E-state index is -0.878. The Bertz CT molecular complexity index is 992. The Morgan fingerprint density at radius 3 is 2.12 bits per heavy atom. The summed E-state index contributed by atoms with van der Waals surface area (Å²) in [5.74, 6) is -1.24. The van der Waals surface area contributed by atoms with Gasteiger partial charge in [0.2, 0.25) is 5.91 Å². The standard InChI is InChI=1S/C27H34N2O5/c1-4-18(14-24(30)31)15-28-25(32)27(3,5-2)17-29-26(33)34-16-23-21-12-8-6-10-19(21)20-11-7-9-13-22(20)23/h6-13,18,23H,4-5,14-17H2,1-3H3,(H,28,32)(H,29,33)(H,30,31). The van der Waals surface area contributed by atoms with Gasteiger partial charge in [0, 0.05) is 25.4 Å². The van der Waals surface area contributed by atoms with Gasteiger partial charge in [0.1, 0.15) is 6.61 Å². The van der Waals surface area contributed by atoms with Crippen LogP contribution in [0.5, 0.6) is 0 Å². The van der Waals surface area contributed by atoms with Crippen LogP contribution >= 0.6 is 0 Å². The van der Waals surface area contributed by atoms with Crippen LogP contribution in [0.25, 0.3) is 11.1 Å². The van der Waals surface area contributed by atoms with Gasteiger partial charge in [-0.3, -0.25) is 9.59 Å². The Morgan fingerprint density at radius 1 is 1.00 bits per heavy atom. The number of aliphatic carboxylic acids is 1. The highest BCUT2D eigenvalue weighted by atomic mass is 16.5. The van der Waals surface area contributed by atoms with Crippen LogP contribution in [0.2, 0.25) is 0 Å². The van der Waals surface area contributed by atoms with Gasteiger partial charge in [-0.25, -0.2) is 4.79 Å². The van der Waals surface area contributed by atoms with Crippen LogP contribution in [-0.2, 0) is 14.3 Å². The van der Waals surface area contributed by atoms with Crippen LogP contribution in [0, 0.1) is 11.3 Å². The quantitative estimate of drug-likeness (QED) is 0.450. The summed E-state index contributed by atoms with van der Waals surface area (Å²) < 4.78 is 5.57. The summed E-state index contributed by atoms with van der Waals surface area (Å²) in [4.78, 5) is 36.3. The number of benzene rings is 2. The third kappa shape index (κ3) is 5.76. The average molecular weight is 467 g/mol. The molecule has 0 heterocycles. The molecule has 34 heavy (non-hydrogen) atoms. The van der Waals surface area contributed by atoms with Crippen molar-refractivity contribution in [3.63, 3.8) is 0 Å². The predicted molar refractivity (Wildman–Crippen MR) is 131 cm³/mol. The maximum Gasteiger partial charge on any atom is 0.407 e. The van der Waals surface area contributed by atoms with Gasteiger partial charge in [-0.15, -0.1) is 0 Å². The fourth-order valence-electron chi connectivity index (χ4n) is 4.34. The molecule has 3 N–H and O–H groups in total. The van der Waals surface area contributed by atoms with Gasteiger partial charge in [-0.05, 0) is 41.5 Å². The normalized spacial score (nSPS) is 14.9. The number of carboxylic acids is 1. The lowest BCUT2D eigenvalue weighted by molar-refractivity contribution is -0.138. The molecule has 2 aromatic carbocycles. The molecular weight excluding hydrogens is 432 g/mol. The maximum absolute atomic E-state index is 12.8. The van der Waals surface area contributed by atoms with Gasteiger partial charge < -0.3 is 20.5 Å². The Kier molecular flexibility index (Phi) is 8.31. The monoisotopic (exact) mass is 466 g/mol. The SMILES string of the molecule is CCC(CNC(=O)C(C)(CC)CNC(=O)OCC1c2ccccc2-c2ccccc21)CC(=O)O. The number of hydrogen-bond acceptors (Lipinski definition) is 4. The van der Waals surface area contributed by atoms with Crippen molar-refractivity contribution in [2.24, 2.45) is 11.3 Å². The van der Waals surface area contributed by atoms with E-state index in [9.17, 15) is 14.4 Å². The first-order chi connectivity index (χ1) is 16.3. The molecule has 0 fully saturated rings. The summed E-state index contributed by atoms with van der Waals surface area (Å²) in [5.41, 5.74) is 3.78. The number of nitrogens with one attached hydrogen (secondary N) is 2. The number of carbonyl (C=O) groups is 3. The molecule has 1 aliphatic carbocycles. The van der Waals surface area contributed by atoms with Crippen molar-refractivity contribution in [3.05, 3.63) is 59.7 Å². The van der Waals surface area contributed by atoms with Gasteiger partial charge in [0.25, 0.3) is 0 Å². The first-order valence-electron chi connectivity index (χ1n) is 11.9. The number of carboxylic acid groups (broad SMARTS) is 1. The molecule has 0 saturated carbocycles. The van der Waals surface area contributed by atoms with Crippen LogP contribution in [0.4, 0.5) is 4.79 Å². The van der Waals surface area contributed by atoms with Gasteiger partial charge in [0.15, 0.2) is 0 Å². The Labute approximate surface area is 200 Å². The number of rotatable bonds is 11. The summed E-state index contributed by atoms with van der Waals surface area (Å²) in [6, 6.07) is 16.3. The fourth-order valence-corrected chi connectivity index (χ4v) is 4.34. The summed E-state index contributed by atoms with van der Waals surface area (Å²) in [5, 5.41) is 14.6. The molecule has 2 aromatic rings. The van der Waals surface area contributed by atoms with Crippen LogP contribution in [0.15, 0.2) is 48.5 Å². The number of fused-ring (bicyclic) bond motifs is 3. The molecule has 2 atom stereocenters. The van der Waals surface area contributed by atoms with E-state index in [-0.39, 0.29) is 37.3 Å². The highest BCUT2D eigenvalue weighted by molar-refractivity contribution is 5.83. The zero-order chi connectivity index (χ0) is 24.7. The second-order valence-corrected chi connectivity index (χ2v) is 9.18. The molecular formula is C27H34N2O5. The number of hydrogen-bond donors (Lipinski definition) is 3. The van der Waals surface area contributed by atoms with Crippen molar-refractivity contribution >= 4 is 18.0 Å². The predicted octanol–water partition coefficient (Wildman–Crippen LogP) is 4.56. The molecule has 7 nitrogen and oxygen atoms in total. The highest BCUT2D eigenvalue weighted by Crippen LogP contribution is 2.44. The molecule has 0 spiro atoms. The minimum absolute atomic E-state index is 0.0115. The first kappa shape index (κ1) is 25.3. The minimum Gasteiger partial charge on any atom is -0.481 e. The van der Waals surface area contributed by atoms with Crippen LogP contribution in [0.3, 0.4) is 0 Å². The topological polar surface area (TPSA) is 105 Å². The lowest BCUT2D eigenvalue weighted by Crippen LogP contribution is -2.47. The molecule has 0 aliphatic heterocycles. The van der Waals surface area contributed by atoms with E-state index in [4.69, 9.17) is 9.84 Å². The van der Waals surface area contributed by atoms with Crippen molar-refractivity contribution < 1.29 is 24.2 Å². The van der Waals surface area contributed by atoms with E-state index in [1.54, 1.807) is 6.92 Å². The average Bonchev–Trinajstić information content (AvgIpc) is 3.17. The molecule has 1 aliphatic rings. The van der Waals surface area contributed by atoms with Gasteiger partial charge >= 0.3 is 12.1 Å². The van der Waals surface area contributed by atoms with Crippen LogP contribution in [0.1, 0.15) is 57.1 Å².